The average Bonchev–Trinajstić information content (AvgIpc) is 3.32. The first-order valence-electron chi connectivity index (χ1n) is 11.1. The summed E-state index contributed by atoms with van der Waals surface area (Å²) in [5.41, 5.74) is 7.00. The lowest BCUT2D eigenvalue weighted by molar-refractivity contribution is 0.337. The van der Waals surface area contributed by atoms with E-state index in [9.17, 15) is 0 Å². The Balaban J connectivity index is 1.74. The summed E-state index contributed by atoms with van der Waals surface area (Å²) < 4.78 is 12.2. The molecule has 0 atom stereocenters. The molecule has 0 N–H and O–H groups in total. The minimum Gasteiger partial charge on any atom is -0.490 e. The maximum Gasteiger partial charge on any atom is 0.230 e. The number of nitrogens with zero attached hydrogens (tertiary/aromatic N) is 2. The van der Waals surface area contributed by atoms with E-state index in [-0.39, 0.29) is 0 Å². The van der Waals surface area contributed by atoms with Crippen LogP contribution < -0.4 is 10.3 Å². The van der Waals surface area contributed by atoms with Gasteiger partial charge in [0.25, 0.3) is 0 Å². The Morgan fingerprint density at radius 2 is 1.85 bits per heavy atom. The quantitative estimate of drug-likeness (QED) is 0.252. The molecule has 0 radical (unpaired) electrons. The molecule has 0 amide bonds. The predicted octanol–water partition coefficient (Wildman–Crippen LogP) is 8.12. The summed E-state index contributed by atoms with van der Waals surface area (Å²) in [6.07, 6.45) is 0. The van der Waals surface area contributed by atoms with Crippen molar-refractivity contribution in [2.45, 2.75) is 20.8 Å². The van der Waals surface area contributed by atoms with Gasteiger partial charge in [0.05, 0.1) is 23.6 Å². The van der Waals surface area contributed by atoms with Crippen molar-refractivity contribution >= 4 is 39.6 Å². The standard InChI is InChI=1S/C28H23ClN2O2S/c1-4-32-25-7-5-6-20-15-22(28-31-24(16-34-28)19-10-12-21(29)13-11-19)27(33-26(20)25)30-23-14-17(2)8-9-18(23)3/h5-16H,4H2,1-3H3. The van der Waals surface area contributed by atoms with Crippen molar-refractivity contribution in [3.05, 3.63) is 93.8 Å². The molecule has 0 aliphatic carbocycles. The van der Waals surface area contributed by atoms with Gasteiger partial charge in [-0.3, -0.25) is 0 Å². The van der Waals surface area contributed by atoms with Crippen LogP contribution in [0.2, 0.25) is 5.02 Å². The van der Waals surface area contributed by atoms with Crippen LogP contribution in [0.15, 0.2) is 81.5 Å². The van der Waals surface area contributed by atoms with E-state index in [1.54, 1.807) is 11.3 Å². The van der Waals surface area contributed by atoms with Crippen molar-refractivity contribution in [1.82, 2.24) is 4.98 Å². The molecule has 0 aliphatic heterocycles. The number of rotatable bonds is 5. The van der Waals surface area contributed by atoms with Crippen LogP contribution in [0.5, 0.6) is 5.75 Å². The van der Waals surface area contributed by atoms with E-state index in [1.807, 2.05) is 61.7 Å². The average molecular weight is 487 g/mol. The van der Waals surface area contributed by atoms with Crippen molar-refractivity contribution in [2.75, 3.05) is 6.61 Å². The zero-order valence-electron chi connectivity index (χ0n) is 19.1. The zero-order valence-corrected chi connectivity index (χ0v) is 20.7. The van der Waals surface area contributed by atoms with Crippen LogP contribution in [0.3, 0.4) is 0 Å². The molecule has 6 heteroatoms. The Hall–Kier alpha value is -3.41. The number of thiazole rings is 1. The molecular weight excluding hydrogens is 464 g/mol. The predicted molar refractivity (Wildman–Crippen MR) is 140 cm³/mol. The molecule has 0 fully saturated rings. The van der Waals surface area contributed by atoms with Crippen LogP contribution in [-0.4, -0.2) is 11.6 Å². The first-order chi connectivity index (χ1) is 16.5. The fourth-order valence-corrected chi connectivity index (χ4v) is 4.69. The van der Waals surface area contributed by atoms with Gasteiger partial charge in [0.15, 0.2) is 11.3 Å². The summed E-state index contributed by atoms with van der Waals surface area (Å²) in [4.78, 5) is 9.86. The Morgan fingerprint density at radius 3 is 2.65 bits per heavy atom. The van der Waals surface area contributed by atoms with Gasteiger partial charge < -0.3 is 9.15 Å². The SMILES string of the molecule is CCOc1cccc2cc(-c3nc(-c4ccc(Cl)cc4)cs3)c(=Nc3cc(C)ccc3C)oc12. The number of aromatic nitrogens is 1. The van der Waals surface area contributed by atoms with E-state index in [0.717, 1.165) is 44.0 Å². The second-order valence-electron chi connectivity index (χ2n) is 8.02. The lowest BCUT2D eigenvalue weighted by Gasteiger charge is -2.08. The number of aryl methyl sites for hydroxylation is 2. The van der Waals surface area contributed by atoms with Crippen molar-refractivity contribution < 1.29 is 9.15 Å². The smallest absolute Gasteiger partial charge is 0.230 e. The number of benzene rings is 3. The van der Waals surface area contributed by atoms with Gasteiger partial charge >= 0.3 is 0 Å². The van der Waals surface area contributed by atoms with Gasteiger partial charge in [-0.1, -0.05) is 48.0 Å². The molecule has 5 rings (SSSR count). The van der Waals surface area contributed by atoms with E-state index in [1.165, 1.54) is 0 Å². The van der Waals surface area contributed by atoms with Crippen LogP contribution in [0, 0.1) is 13.8 Å². The highest BCUT2D eigenvalue weighted by Crippen LogP contribution is 2.32. The highest BCUT2D eigenvalue weighted by atomic mass is 35.5. The highest BCUT2D eigenvalue weighted by molar-refractivity contribution is 7.13. The summed E-state index contributed by atoms with van der Waals surface area (Å²) in [5.74, 6) is 0.699. The van der Waals surface area contributed by atoms with Crippen molar-refractivity contribution in [2.24, 2.45) is 4.99 Å². The monoisotopic (exact) mass is 486 g/mol. The molecular formula is C28H23ClN2O2S. The van der Waals surface area contributed by atoms with Crippen LogP contribution in [0.1, 0.15) is 18.1 Å². The topological polar surface area (TPSA) is 47.6 Å². The second-order valence-corrected chi connectivity index (χ2v) is 9.31. The molecule has 2 aromatic heterocycles. The second kappa shape index (κ2) is 9.45. The molecule has 5 aromatic rings. The molecule has 34 heavy (non-hydrogen) atoms. The molecule has 0 saturated heterocycles. The number of ether oxygens (including phenoxy) is 1. The molecule has 170 valence electrons. The molecule has 3 aromatic carbocycles. The summed E-state index contributed by atoms with van der Waals surface area (Å²) in [6, 6.07) is 21.9. The van der Waals surface area contributed by atoms with Gasteiger partial charge in [0.1, 0.15) is 5.01 Å². The minimum absolute atomic E-state index is 0.505. The van der Waals surface area contributed by atoms with E-state index < -0.39 is 0 Å². The van der Waals surface area contributed by atoms with Crippen LogP contribution >= 0.6 is 22.9 Å². The number of hydrogen-bond acceptors (Lipinski definition) is 5. The molecule has 4 nitrogen and oxygen atoms in total. The Morgan fingerprint density at radius 1 is 1.03 bits per heavy atom. The first-order valence-corrected chi connectivity index (χ1v) is 12.3. The maximum atomic E-state index is 6.42. The summed E-state index contributed by atoms with van der Waals surface area (Å²) >= 11 is 7.62. The lowest BCUT2D eigenvalue weighted by Crippen LogP contribution is -2.06. The molecule has 0 spiro atoms. The molecule has 0 saturated carbocycles. The fourth-order valence-electron chi connectivity index (χ4n) is 3.73. The van der Waals surface area contributed by atoms with Gasteiger partial charge in [0, 0.05) is 21.4 Å². The van der Waals surface area contributed by atoms with Crippen molar-refractivity contribution in [1.29, 1.82) is 0 Å². The fraction of sp³-hybridized carbons (Fsp3) is 0.143. The first kappa shape index (κ1) is 22.4. The Bertz CT molecular complexity index is 1550. The van der Waals surface area contributed by atoms with E-state index in [2.05, 4.69) is 31.2 Å². The Labute approximate surface area is 207 Å². The summed E-state index contributed by atoms with van der Waals surface area (Å²) in [5, 5.41) is 4.51. The number of hydrogen-bond donors (Lipinski definition) is 0. The minimum atomic E-state index is 0.505. The maximum absolute atomic E-state index is 6.42. The van der Waals surface area contributed by atoms with Gasteiger partial charge in [-0.05, 0) is 62.2 Å². The van der Waals surface area contributed by atoms with Gasteiger partial charge in [-0.15, -0.1) is 11.3 Å². The number of fused-ring (bicyclic) bond motifs is 1. The highest BCUT2D eigenvalue weighted by Gasteiger charge is 2.15. The van der Waals surface area contributed by atoms with Gasteiger partial charge in [-0.2, -0.15) is 0 Å². The zero-order chi connectivity index (χ0) is 23.7. The molecule has 2 heterocycles. The number of para-hydroxylation sites is 1. The van der Waals surface area contributed by atoms with Gasteiger partial charge in [-0.25, -0.2) is 9.98 Å². The van der Waals surface area contributed by atoms with E-state index >= 15 is 0 Å². The van der Waals surface area contributed by atoms with Crippen LogP contribution in [0.25, 0.3) is 32.8 Å². The summed E-state index contributed by atoms with van der Waals surface area (Å²) in [7, 11) is 0. The third-order valence-electron chi connectivity index (χ3n) is 5.50. The molecule has 0 bridgehead atoms. The largest absolute Gasteiger partial charge is 0.490 e. The third-order valence-corrected chi connectivity index (χ3v) is 6.63. The van der Waals surface area contributed by atoms with Gasteiger partial charge in [0.2, 0.25) is 5.55 Å². The van der Waals surface area contributed by atoms with E-state index in [4.69, 9.17) is 30.7 Å². The summed E-state index contributed by atoms with van der Waals surface area (Å²) in [6.45, 7) is 6.62. The lowest BCUT2D eigenvalue weighted by atomic mass is 10.1. The normalized spacial score (nSPS) is 11.8. The van der Waals surface area contributed by atoms with Crippen molar-refractivity contribution in [3.63, 3.8) is 0 Å². The third kappa shape index (κ3) is 4.49. The van der Waals surface area contributed by atoms with Crippen molar-refractivity contribution in [3.8, 4) is 27.6 Å². The molecule has 0 aliphatic rings. The van der Waals surface area contributed by atoms with Crippen LogP contribution in [-0.2, 0) is 0 Å². The van der Waals surface area contributed by atoms with E-state index in [0.29, 0.717) is 28.5 Å². The van der Waals surface area contributed by atoms with Crippen LogP contribution in [0.4, 0.5) is 5.69 Å². The Kier molecular flexibility index (Phi) is 6.22. The number of halogens is 1. The molecule has 0 unspecified atom stereocenters.